The monoisotopic (exact) mass is 373 g/mol. The minimum absolute atomic E-state index is 0.0101. The maximum atomic E-state index is 12.6. The summed E-state index contributed by atoms with van der Waals surface area (Å²) in [5, 5.41) is 12.1. The van der Waals surface area contributed by atoms with Crippen molar-refractivity contribution < 1.29 is 9.59 Å². The SMILES string of the molecule is N#Cc1cccc(-c2ccc(C(=O)N[C@@H]3CCCN(C(=O)C4CC4)C3)cc2)c1. The van der Waals surface area contributed by atoms with Crippen LogP contribution in [0, 0.1) is 17.2 Å². The van der Waals surface area contributed by atoms with Gasteiger partial charge in [-0.15, -0.1) is 0 Å². The number of benzene rings is 2. The number of amides is 2. The Labute approximate surface area is 165 Å². The van der Waals surface area contributed by atoms with E-state index in [1.54, 1.807) is 18.2 Å². The van der Waals surface area contributed by atoms with Crippen molar-refractivity contribution in [1.82, 2.24) is 10.2 Å². The standard InChI is InChI=1S/C23H23N3O2/c24-14-16-3-1-4-20(13-16)17-6-8-18(9-7-17)22(27)25-21-5-2-12-26(15-21)23(28)19-10-11-19/h1,3-4,6-9,13,19,21H,2,5,10-12,15H2,(H,25,27)/t21-/m1/s1. The number of nitriles is 1. The summed E-state index contributed by atoms with van der Waals surface area (Å²) in [6.45, 7) is 1.41. The van der Waals surface area contributed by atoms with E-state index in [0.717, 1.165) is 43.4 Å². The Morgan fingerprint density at radius 3 is 2.54 bits per heavy atom. The van der Waals surface area contributed by atoms with Crippen molar-refractivity contribution in [2.45, 2.75) is 31.7 Å². The summed E-state index contributed by atoms with van der Waals surface area (Å²) >= 11 is 0. The lowest BCUT2D eigenvalue weighted by Gasteiger charge is -2.33. The Hall–Kier alpha value is -3.13. The first-order valence-electron chi connectivity index (χ1n) is 9.84. The molecule has 2 fully saturated rings. The van der Waals surface area contributed by atoms with E-state index >= 15 is 0 Å². The number of carbonyl (C=O) groups is 2. The molecule has 2 aliphatic rings. The Kier molecular flexibility index (Phi) is 5.12. The summed E-state index contributed by atoms with van der Waals surface area (Å²) in [5.74, 6) is 0.368. The minimum Gasteiger partial charge on any atom is -0.348 e. The summed E-state index contributed by atoms with van der Waals surface area (Å²) in [5.41, 5.74) is 3.13. The van der Waals surface area contributed by atoms with Gasteiger partial charge >= 0.3 is 0 Å². The molecule has 1 heterocycles. The molecule has 1 saturated carbocycles. The van der Waals surface area contributed by atoms with Gasteiger partial charge in [-0.05, 0) is 61.1 Å². The highest BCUT2D eigenvalue weighted by Gasteiger charge is 2.35. The van der Waals surface area contributed by atoms with E-state index in [-0.39, 0.29) is 23.8 Å². The lowest BCUT2D eigenvalue weighted by Crippen LogP contribution is -2.50. The predicted octanol–water partition coefficient (Wildman–Crippen LogP) is 3.36. The van der Waals surface area contributed by atoms with Gasteiger partial charge in [0.25, 0.3) is 5.91 Å². The van der Waals surface area contributed by atoms with E-state index in [2.05, 4.69) is 11.4 Å². The first-order chi connectivity index (χ1) is 13.6. The summed E-state index contributed by atoms with van der Waals surface area (Å²) in [7, 11) is 0. The van der Waals surface area contributed by atoms with Crippen LogP contribution >= 0.6 is 0 Å². The number of rotatable bonds is 4. The van der Waals surface area contributed by atoms with Crippen LogP contribution in [0.3, 0.4) is 0 Å². The third-order valence-corrected chi connectivity index (χ3v) is 5.47. The fraction of sp³-hybridized carbons (Fsp3) is 0.348. The zero-order chi connectivity index (χ0) is 19.5. The highest BCUT2D eigenvalue weighted by Crippen LogP contribution is 2.32. The predicted molar refractivity (Wildman–Crippen MR) is 106 cm³/mol. The molecule has 0 bridgehead atoms. The molecule has 142 valence electrons. The van der Waals surface area contributed by atoms with Crippen LogP contribution in [0.4, 0.5) is 0 Å². The van der Waals surface area contributed by atoms with E-state index in [4.69, 9.17) is 5.26 Å². The van der Waals surface area contributed by atoms with Crippen molar-refractivity contribution in [3.63, 3.8) is 0 Å². The number of likely N-dealkylation sites (tertiary alicyclic amines) is 1. The molecule has 4 rings (SSSR count). The molecule has 1 aliphatic heterocycles. The molecule has 2 aromatic rings. The van der Waals surface area contributed by atoms with Gasteiger partial charge in [-0.3, -0.25) is 9.59 Å². The molecule has 1 saturated heterocycles. The topological polar surface area (TPSA) is 73.2 Å². The Morgan fingerprint density at radius 2 is 1.82 bits per heavy atom. The zero-order valence-corrected chi connectivity index (χ0v) is 15.7. The first-order valence-corrected chi connectivity index (χ1v) is 9.84. The van der Waals surface area contributed by atoms with Gasteiger partial charge < -0.3 is 10.2 Å². The van der Waals surface area contributed by atoms with Gasteiger partial charge in [0.05, 0.1) is 11.6 Å². The molecule has 1 N–H and O–H groups in total. The molecule has 28 heavy (non-hydrogen) atoms. The summed E-state index contributed by atoms with van der Waals surface area (Å²) < 4.78 is 0. The van der Waals surface area contributed by atoms with E-state index in [0.29, 0.717) is 17.7 Å². The third-order valence-electron chi connectivity index (χ3n) is 5.47. The van der Waals surface area contributed by atoms with Crippen LogP contribution in [0.2, 0.25) is 0 Å². The normalized spacial score (nSPS) is 19.0. The number of piperidine rings is 1. The number of hydrogen-bond donors (Lipinski definition) is 1. The van der Waals surface area contributed by atoms with Crippen molar-refractivity contribution >= 4 is 11.8 Å². The minimum atomic E-state index is -0.108. The van der Waals surface area contributed by atoms with Gasteiger partial charge in [0, 0.05) is 30.6 Å². The molecular formula is C23H23N3O2. The van der Waals surface area contributed by atoms with Crippen molar-refractivity contribution in [3.8, 4) is 17.2 Å². The second-order valence-electron chi connectivity index (χ2n) is 7.64. The van der Waals surface area contributed by atoms with Crippen LogP contribution < -0.4 is 5.32 Å². The van der Waals surface area contributed by atoms with Gasteiger partial charge in [-0.1, -0.05) is 24.3 Å². The number of nitrogens with one attached hydrogen (secondary N) is 1. The lowest BCUT2D eigenvalue weighted by atomic mass is 10.0. The van der Waals surface area contributed by atoms with Crippen LogP contribution in [0.15, 0.2) is 48.5 Å². The highest BCUT2D eigenvalue weighted by molar-refractivity contribution is 5.95. The van der Waals surface area contributed by atoms with Crippen LogP contribution in [0.1, 0.15) is 41.6 Å². The average molecular weight is 373 g/mol. The molecule has 0 unspecified atom stereocenters. The van der Waals surface area contributed by atoms with Crippen molar-refractivity contribution in [1.29, 1.82) is 5.26 Å². The molecule has 0 radical (unpaired) electrons. The quantitative estimate of drug-likeness (QED) is 0.893. The zero-order valence-electron chi connectivity index (χ0n) is 15.7. The second-order valence-corrected chi connectivity index (χ2v) is 7.64. The number of hydrogen-bond acceptors (Lipinski definition) is 3. The van der Waals surface area contributed by atoms with Crippen molar-refractivity contribution in [3.05, 3.63) is 59.7 Å². The first kappa shape index (κ1) is 18.2. The smallest absolute Gasteiger partial charge is 0.251 e. The van der Waals surface area contributed by atoms with Crippen LogP contribution in [-0.4, -0.2) is 35.8 Å². The van der Waals surface area contributed by atoms with E-state index < -0.39 is 0 Å². The average Bonchev–Trinajstić information content (AvgIpc) is 3.59. The van der Waals surface area contributed by atoms with Gasteiger partial charge in [0.1, 0.15) is 0 Å². The summed E-state index contributed by atoms with van der Waals surface area (Å²) in [6.07, 6.45) is 3.85. The van der Waals surface area contributed by atoms with E-state index in [9.17, 15) is 9.59 Å². The maximum Gasteiger partial charge on any atom is 0.251 e. The largest absolute Gasteiger partial charge is 0.348 e. The van der Waals surface area contributed by atoms with Crippen LogP contribution in [-0.2, 0) is 4.79 Å². The Morgan fingerprint density at radius 1 is 1.04 bits per heavy atom. The van der Waals surface area contributed by atoms with Crippen molar-refractivity contribution in [2.24, 2.45) is 5.92 Å². The second kappa shape index (κ2) is 7.85. The number of nitrogens with zero attached hydrogens (tertiary/aromatic N) is 2. The highest BCUT2D eigenvalue weighted by atomic mass is 16.2. The molecule has 5 heteroatoms. The van der Waals surface area contributed by atoms with Crippen LogP contribution in [0.25, 0.3) is 11.1 Å². The fourth-order valence-electron chi connectivity index (χ4n) is 3.73. The molecule has 2 aromatic carbocycles. The maximum absolute atomic E-state index is 12.6. The third kappa shape index (κ3) is 4.07. The van der Waals surface area contributed by atoms with Gasteiger partial charge in [0.2, 0.25) is 5.91 Å². The molecule has 5 nitrogen and oxygen atoms in total. The number of carbonyl (C=O) groups excluding carboxylic acids is 2. The fourth-order valence-corrected chi connectivity index (χ4v) is 3.73. The molecule has 2 amide bonds. The molecular weight excluding hydrogens is 350 g/mol. The van der Waals surface area contributed by atoms with Crippen LogP contribution in [0.5, 0.6) is 0 Å². The summed E-state index contributed by atoms with van der Waals surface area (Å²) in [4.78, 5) is 26.8. The van der Waals surface area contributed by atoms with E-state index in [1.807, 2.05) is 35.2 Å². The summed E-state index contributed by atoms with van der Waals surface area (Å²) in [6, 6.07) is 17.0. The van der Waals surface area contributed by atoms with E-state index in [1.165, 1.54) is 0 Å². The van der Waals surface area contributed by atoms with Gasteiger partial charge in [-0.2, -0.15) is 5.26 Å². The van der Waals surface area contributed by atoms with Gasteiger partial charge in [0.15, 0.2) is 0 Å². The molecule has 0 spiro atoms. The Bertz CT molecular complexity index is 926. The molecule has 1 atom stereocenters. The molecule has 0 aromatic heterocycles. The van der Waals surface area contributed by atoms with Crippen molar-refractivity contribution in [2.75, 3.05) is 13.1 Å². The lowest BCUT2D eigenvalue weighted by molar-refractivity contribution is -0.133. The molecule has 1 aliphatic carbocycles. The Balaban J connectivity index is 1.39. The van der Waals surface area contributed by atoms with Gasteiger partial charge in [-0.25, -0.2) is 0 Å².